The van der Waals surface area contributed by atoms with Gasteiger partial charge in [-0.1, -0.05) is 0 Å². The summed E-state index contributed by atoms with van der Waals surface area (Å²) in [5, 5.41) is 0. The van der Waals surface area contributed by atoms with E-state index in [9.17, 15) is 9.59 Å². The quantitative estimate of drug-likeness (QED) is 0.896. The summed E-state index contributed by atoms with van der Waals surface area (Å²) in [5.74, 6) is -0.690. The lowest BCUT2D eigenvalue weighted by molar-refractivity contribution is -0.123. The molecule has 1 fully saturated rings. The molecule has 2 amide bonds. The zero-order valence-electron chi connectivity index (χ0n) is 10.7. The van der Waals surface area contributed by atoms with Crippen LogP contribution in [0.1, 0.15) is 30.1 Å². The molecule has 6 heteroatoms. The molecule has 1 saturated heterocycles. The maximum atomic E-state index is 12.4. The molecule has 2 atom stereocenters. The Balaban J connectivity index is 2.19. The Morgan fingerprint density at radius 1 is 1.42 bits per heavy atom. The number of carbonyl (C=O) groups excluding carboxylic acids is 2. The molecule has 2 N–H and O–H groups in total. The molecule has 2 unspecified atom stereocenters. The first-order valence-electron chi connectivity index (χ1n) is 6.20. The molecular weight excluding hydrogens is 310 g/mol. The van der Waals surface area contributed by atoms with E-state index in [4.69, 9.17) is 5.73 Å². The number of aromatic nitrogens is 1. The zero-order valence-corrected chi connectivity index (χ0v) is 12.3. The van der Waals surface area contributed by atoms with Gasteiger partial charge in [-0.2, -0.15) is 0 Å². The van der Waals surface area contributed by atoms with Crippen molar-refractivity contribution in [2.75, 3.05) is 6.54 Å². The Kier molecular flexibility index (Phi) is 4.19. The average Bonchev–Trinajstić information content (AvgIpc) is 2.38. The number of nitrogens with two attached hydrogens (primary N) is 1. The summed E-state index contributed by atoms with van der Waals surface area (Å²) in [6.45, 7) is 2.38. The molecule has 1 aromatic rings. The van der Waals surface area contributed by atoms with Crippen LogP contribution in [0.15, 0.2) is 22.9 Å². The number of likely N-dealkylation sites (tertiary alicyclic amines) is 1. The number of carbonyl (C=O) groups is 2. The summed E-state index contributed by atoms with van der Waals surface area (Å²) in [6.07, 6.45) is 4.70. The van der Waals surface area contributed by atoms with Crippen LogP contribution in [0.3, 0.4) is 0 Å². The Labute approximate surface area is 120 Å². The minimum atomic E-state index is -0.336. The smallest absolute Gasteiger partial charge is 0.255 e. The number of piperidine rings is 1. The van der Waals surface area contributed by atoms with Gasteiger partial charge in [0.1, 0.15) is 0 Å². The van der Waals surface area contributed by atoms with Gasteiger partial charge in [0, 0.05) is 29.5 Å². The van der Waals surface area contributed by atoms with Crippen LogP contribution in [0.5, 0.6) is 0 Å². The molecule has 5 nitrogen and oxygen atoms in total. The molecule has 0 spiro atoms. The molecule has 19 heavy (non-hydrogen) atoms. The number of halogens is 1. The molecule has 0 radical (unpaired) electrons. The number of hydrogen-bond donors (Lipinski definition) is 1. The summed E-state index contributed by atoms with van der Waals surface area (Å²) in [6, 6.07) is 1.85. The number of nitrogens with zero attached hydrogens (tertiary/aromatic N) is 2. The van der Waals surface area contributed by atoms with E-state index >= 15 is 0 Å². The maximum absolute atomic E-state index is 12.4. The van der Waals surface area contributed by atoms with E-state index in [1.807, 2.05) is 6.92 Å². The van der Waals surface area contributed by atoms with Gasteiger partial charge in [0.05, 0.1) is 11.5 Å². The van der Waals surface area contributed by atoms with Gasteiger partial charge in [0.25, 0.3) is 5.91 Å². The van der Waals surface area contributed by atoms with Crippen molar-refractivity contribution in [3.05, 3.63) is 28.5 Å². The fraction of sp³-hybridized carbons (Fsp3) is 0.462. The van der Waals surface area contributed by atoms with Gasteiger partial charge < -0.3 is 10.6 Å². The number of pyridine rings is 1. The third-order valence-corrected chi connectivity index (χ3v) is 3.93. The lowest BCUT2D eigenvalue weighted by Gasteiger charge is -2.36. The molecule has 1 aromatic heterocycles. The van der Waals surface area contributed by atoms with Gasteiger partial charge in [-0.3, -0.25) is 14.6 Å². The Morgan fingerprint density at radius 3 is 2.79 bits per heavy atom. The van der Waals surface area contributed by atoms with Crippen LogP contribution >= 0.6 is 15.9 Å². The maximum Gasteiger partial charge on any atom is 0.255 e. The van der Waals surface area contributed by atoms with Crippen molar-refractivity contribution in [2.24, 2.45) is 11.7 Å². The highest BCUT2D eigenvalue weighted by Gasteiger charge is 2.32. The van der Waals surface area contributed by atoms with E-state index < -0.39 is 0 Å². The third-order valence-electron chi connectivity index (χ3n) is 3.50. The van der Waals surface area contributed by atoms with Crippen LogP contribution in [-0.4, -0.2) is 34.3 Å². The molecule has 2 heterocycles. The highest BCUT2D eigenvalue weighted by atomic mass is 79.9. The first-order chi connectivity index (χ1) is 8.99. The van der Waals surface area contributed by atoms with E-state index in [-0.39, 0.29) is 23.8 Å². The first kappa shape index (κ1) is 14.0. The predicted molar refractivity (Wildman–Crippen MR) is 74.4 cm³/mol. The minimum absolute atomic E-state index is 0.104. The lowest BCUT2D eigenvalue weighted by Crippen LogP contribution is -2.48. The van der Waals surface area contributed by atoms with Crippen LogP contribution in [-0.2, 0) is 4.79 Å². The molecule has 0 aromatic carbocycles. The van der Waals surface area contributed by atoms with Crippen molar-refractivity contribution in [2.45, 2.75) is 25.8 Å². The monoisotopic (exact) mass is 325 g/mol. The summed E-state index contributed by atoms with van der Waals surface area (Å²) in [5.41, 5.74) is 5.86. The van der Waals surface area contributed by atoms with Crippen LogP contribution in [0, 0.1) is 5.92 Å². The van der Waals surface area contributed by atoms with Crippen molar-refractivity contribution in [3.8, 4) is 0 Å². The molecular formula is C13H16BrN3O2. The molecule has 102 valence electrons. The number of primary amides is 1. The Bertz CT molecular complexity index is 506. The topological polar surface area (TPSA) is 76.3 Å². The van der Waals surface area contributed by atoms with E-state index in [1.165, 1.54) is 6.20 Å². The summed E-state index contributed by atoms with van der Waals surface area (Å²) >= 11 is 3.30. The van der Waals surface area contributed by atoms with Crippen molar-refractivity contribution < 1.29 is 9.59 Å². The molecule has 1 aliphatic heterocycles. The number of hydrogen-bond acceptors (Lipinski definition) is 3. The summed E-state index contributed by atoms with van der Waals surface area (Å²) in [4.78, 5) is 29.4. The van der Waals surface area contributed by atoms with Crippen LogP contribution in [0.25, 0.3) is 0 Å². The highest BCUT2D eigenvalue weighted by Crippen LogP contribution is 2.24. The van der Waals surface area contributed by atoms with Gasteiger partial charge in [-0.15, -0.1) is 0 Å². The molecule has 2 rings (SSSR count). The fourth-order valence-corrected chi connectivity index (χ4v) is 2.68. The largest absolute Gasteiger partial charge is 0.369 e. The average molecular weight is 326 g/mol. The second-order valence-electron chi connectivity index (χ2n) is 4.88. The summed E-state index contributed by atoms with van der Waals surface area (Å²) < 4.78 is 0.759. The lowest BCUT2D eigenvalue weighted by atomic mass is 9.92. The van der Waals surface area contributed by atoms with Gasteiger partial charge in [-0.25, -0.2) is 0 Å². The molecule has 0 bridgehead atoms. The van der Waals surface area contributed by atoms with Crippen LogP contribution in [0.4, 0.5) is 0 Å². The normalized spacial score (nSPS) is 23.2. The third kappa shape index (κ3) is 3.12. The second kappa shape index (κ2) is 5.69. The van der Waals surface area contributed by atoms with Crippen molar-refractivity contribution >= 4 is 27.7 Å². The van der Waals surface area contributed by atoms with Gasteiger partial charge in [0.15, 0.2) is 0 Å². The van der Waals surface area contributed by atoms with E-state index in [1.54, 1.807) is 17.2 Å². The van der Waals surface area contributed by atoms with Crippen LogP contribution in [0.2, 0.25) is 0 Å². The van der Waals surface area contributed by atoms with Gasteiger partial charge in [0.2, 0.25) is 5.91 Å². The molecule has 0 aliphatic carbocycles. The zero-order chi connectivity index (χ0) is 14.0. The van der Waals surface area contributed by atoms with E-state index in [2.05, 4.69) is 20.9 Å². The Morgan fingerprint density at radius 2 is 2.16 bits per heavy atom. The minimum Gasteiger partial charge on any atom is -0.369 e. The number of amides is 2. The van der Waals surface area contributed by atoms with Gasteiger partial charge in [-0.05, 0) is 41.8 Å². The Hall–Kier alpha value is -1.43. The SMILES string of the molecule is CC1CCC(C(N)=O)CN1C(=O)c1cncc(Br)c1. The molecule has 0 saturated carbocycles. The van der Waals surface area contributed by atoms with Crippen LogP contribution < -0.4 is 5.73 Å². The van der Waals surface area contributed by atoms with E-state index in [0.29, 0.717) is 12.1 Å². The predicted octanol–water partition coefficient (Wildman–Crippen LogP) is 1.57. The van der Waals surface area contributed by atoms with E-state index in [0.717, 1.165) is 17.3 Å². The second-order valence-corrected chi connectivity index (χ2v) is 5.79. The standard InChI is InChI=1S/C13H16BrN3O2/c1-8-2-3-9(12(15)18)7-17(8)13(19)10-4-11(14)6-16-5-10/h4-6,8-9H,2-3,7H2,1H3,(H2,15,18). The van der Waals surface area contributed by atoms with Gasteiger partial charge >= 0.3 is 0 Å². The fourth-order valence-electron chi connectivity index (χ4n) is 2.32. The summed E-state index contributed by atoms with van der Waals surface area (Å²) in [7, 11) is 0. The van der Waals surface area contributed by atoms with Crippen molar-refractivity contribution in [1.29, 1.82) is 0 Å². The molecule has 1 aliphatic rings. The first-order valence-corrected chi connectivity index (χ1v) is 6.99. The highest BCUT2D eigenvalue weighted by molar-refractivity contribution is 9.10. The number of rotatable bonds is 2. The van der Waals surface area contributed by atoms with Crippen molar-refractivity contribution in [3.63, 3.8) is 0 Å². The van der Waals surface area contributed by atoms with Crippen molar-refractivity contribution in [1.82, 2.24) is 9.88 Å².